The predicted octanol–water partition coefficient (Wildman–Crippen LogP) is 3.15. The van der Waals surface area contributed by atoms with Crippen LogP contribution < -0.4 is 5.32 Å². The van der Waals surface area contributed by atoms with Gasteiger partial charge in [-0.3, -0.25) is 9.59 Å². The van der Waals surface area contributed by atoms with E-state index in [0.717, 1.165) is 16.8 Å². The zero-order chi connectivity index (χ0) is 21.1. The second-order valence-corrected chi connectivity index (χ2v) is 7.84. The van der Waals surface area contributed by atoms with Crippen LogP contribution in [-0.4, -0.2) is 38.0 Å². The summed E-state index contributed by atoms with van der Waals surface area (Å²) in [5.41, 5.74) is 2.75. The van der Waals surface area contributed by atoms with E-state index in [2.05, 4.69) is 15.4 Å². The molecule has 1 aliphatic rings. The van der Waals surface area contributed by atoms with Gasteiger partial charge in [-0.2, -0.15) is 5.10 Å². The third-order valence-electron chi connectivity index (χ3n) is 5.34. The zero-order valence-electron chi connectivity index (χ0n) is 16.5. The van der Waals surface area contributed by atoms with Gasteiger partial charge in [0.1, 0.15) is 12.7 Å². The molecule has 4 rings (SSSR count). The summed E-state index contributed by atoms with van der Waals surface area (Å²) in [7, 11) is 0. The largest absolute Gasteiger partial charge is 0.349 e. The van der Waals surface area contributed by atoms with Gasteiger partial charge in [0.05, 0.1) is 17.6 Å². The first-order chi connectivity index (χ1) is 14.5. The zero-order valence-corrected chi connectivity index (χ0v) is 17.3. The lowest BCUT2D eigenvalue weighted by Gasteiger charge is -2.19. The van der Waals surface area contributed by atoms with E-state index < -0.39 is 0 Å². The summed E-state index contributed by atoms with van der Waals surface area (Å²) in [5, 5.41) is 7.76. The highest BCUT2D eigenvalue weighted by atomic mass is 35.5. The Morgan fingerprint density at radius 1 is 1.23 bits per heavy atom. The van der Waals surface area contributed by atoms with Gasteiger partial charge in [0.25, 0.3) is 0 Å². The van der Waals surface area contributed by atoms with Crippen LogP contribution in [0.2, 0.25) is 5.02 Å². The highest BCUT2D eigenvalue weighted by Crippen LogP contribution is 2.24. The Balaban J connectivity index is 1.35. The van der Waals surface area contributed by atoms with Gasteiger partial charge in [0, 0.05) is 24.5 Å². The molecule has 2 aromatic carbocycles. The minimum absolute atomic E-state index is 0.0279. The van der Waals surface area contributed by atoms with E-state index in [-0.39, 0.29) is 30.2 Å². The topological polar surface area (TPSA) is 80.1 Å². The fourth-order valence-corrected chi connectivity index (χ4v) is 3.80. The minimum Gasteiger partial charge on any atom is -0.349 e. The van der Waals surface area contributed by atoms with Gasteiger partial charge >= 0.3 is 0 Å². The van der Waals surface area contributed by atoms with Gasteiger partial charge in [-0.05, 0) is 36.2 Å². The van der Waals surface area contributed by atoms with Crippen molar-refractivity contribution in [1.82, 2.24) is 25.0 Å². The van der Waals surface area contributed by atoms with Crippen molar-refractivity contribution in [3.05, 3.63) is 77.3 Å². The molecule has 0 aliphatic carbocycles. The van der Waals surface area contributed by atoms with E-state index in [0.29, 0.717) is 18.1 Å². The summed E-state index contributed by atoms with van der Waals surface area (Å²) in [6.45, 7) is 2.75. The number of benzene rings is 2. The molecule has 0 spiro atoms. The van der Waals surface area contributed by atoms with Gasteiger partial charge in [0.15, 0.2) is 0 Å². The lowest BCUT2D eigenvalue weighted by molar-refractivity contribution is -0.129. The first-order valence-corrected chi connectivity index (χ1v) is 10.2. The molecule has 3 aromatic rings. The maximum atomic E-state index is 12.8. The molecule has 2 amide bonds. The number of nitrogens with one attached hydrogen (secondary N) is 1. The van der Waals surface area contributed by atoms with Crippen LogP contribution in [0.3, 0.4) is 0 Å². The molecule has 1 saturated heterocycles. The molecule has 1 aliphatic heterocycles. The number of likely N-dealkylation sites (tertiary alicyclic amines) is 1. The van der Waals surface area contributed by atoms with Crippen molar-refractivity contribution >= 4 is 23.4 Å². The summed E-state index contributed by atoms with van der Waals surface area (Å²) in [4.78, 5) is 30.8. The molecule has 2 heterocycles. The number of amides is 2. The van der Waals surface area contributed by atoms with Crippen molar-refractivity contribution in [2.45, 2.75) is 25.9 Å². The van der Waals surface area contributed by atoms with Gasteiger partial charge in [-0.1, -0.05) is 41.9 Å². The molecule has 154 valence electrons. The molecular weight excluding hydrogens is 402 g/mol. The van der Waals surface area contributed by atoms with Crippen LogP contribution in [0.5, 0.6) is 0 Å². The Labute approximate surface area is 179 Å². The lowest BCUT2D eigenvalue weighted by Crippen LogP contribution is -2.34. The highest BCUT2D eigenvalue weighted by Gasteiger charge is 2.34. The molecule has 0 radical (unpaired) electrons. The molecule has 1 aromatic heterocycles. The molecular formula is C22H22ClN5O2. The summed E-state index contributed by atoms with van der Waals surface area (Å²) < 4.78 is 1.67. The van der Waals surface area contributed by atoms with Gasteiger partial charge in [-0.25, -0.2) is 9.67 Å². The van der Waals surface area contributed by atoms with Crippen molar-refractivity contribution in [1.29, 1.82) is 0 Å². The Morgan fingerprint density at radius 3 is 2.70 bits per heavy atom. The first-order valence-electron chi connectivity index (χ1n) is 9.78. The number of carbonyl (C=O) groups is 2. The number of halogens is 1. The molecule has 7 nitrogen and oxygen atoms in total. The Hall–Kier alpha value is -3.19. The fraction of sp³-hybridized carbons (Fsp3) is 0.273. The van der Waals surface area contributed by atoms with E-state index in [4.69, 9.17) is 11.6 Å². The number of nitrogens with zero attached hydrogens (tertiary/aromatic N) is 4. The van der Waals surface area contributed by atoms with Crippen LogP contribution in [0.25, 0.3) is 5.69 Å². The lowest BCUT2D eigenvalue weighted by atomic mass is 10.0. The number of aromatic nitrogens is 3. The standard InChI is InChI=1S/C22H22ClN5O2/c1-15(16-6-8-19(9-7-16)28-14-24-13-25-28)26-22(30)18-10-21(29)27(12-18)11-17-4-2-3-5-20(17)23/h2-9,13-15,18H,10-12H2,1H3,(H,26,30)/t15-,18-/m0/s1. The van der Waals surface area contributed by atoms with Crippen molar-refractivity contribution in [2.75, 3.05) is 6.54 Å². The van der Waals surface area contributed by atoms with Crippen molar-refractivity contribution in [3.63, 3.8) is 0 Å². The van der Waals surface area contributed by atoms with Gasteiger partial charge in [0.2, 0.25) is 11.8 Å². The molecule has 8 heteroatoms. The molecule has 2 atom stereocenters. The Kier molecular flexibility index (Phi) is 5.81. The molecule has 0 saturated carbocycles. The maximum absolute atomic E-state index is 12.8. The second-order valence-electron chi connectivity index (χ2n) is 7.43. The van der Waals surface area contributed by atoms with E-state index in [1.54, 1.807) is 22.0 Å². The van der Waals surface area contributed by atoms with Crippen LogP contribution in [0.15, 0.2) is 61.2 Å². The van der Waals surface area contributed by atoms with Crippen LogP contribution in [-0.2, 0) is 16.1 Å². The molecule has 1 fully saturated rings. The second kappa shape index (κ2) is 8.67. The SMILES string of the molecule is C[C@H](NC(=O)[C@H]1CC(=O)N(Cc2ccccc2Cl)C1)c1ccc(-n2cncn2)cc1. The molecule has 30 heavy (non-hydrogen) atoms. The minimum atomic E-state index is -0.364. The Bertz CT molecular complexity index is 1040. The van der Waals surface area contributed by atoms with Crippen LogP contribution in [0, 0.1) is 5.92 Å². The summed E-state index contributed by atoms with van der Waals surface area (Å²) in [6.07, 6.45) is 3.33. The van der Waals surface area contributed by atoms with Crippen molar-refractivity contribution in [3.8, 4) is 5.69 Å². The average Bonchev–Trinajstić information content (AvgIpc) is 3.40. The van der Waals surface area contributed by atoms with Crippen molar-refractivity contribution < 1.29 is 9.59 Å². The van der Waals surface area contributed by atoms with E-state index in [9.17, 15) is 9.59 Å². The number of hydrogen-bond acceptors (Lipinski definition) is 4. The van der Waals surface area contributed by atoms with Crippen LogP contribution in [0.1, 0.15) is 30.5 Å². The molecule has 1 N–H and O–H groups in total. The average molecular weight is 424 g/mol. The predicted molar refractivity (Wildman–Crippen MR) is 113 cm³/mol. The third kappa shape index (κ3) is 4.36. The van der Waals surface area contributed by atoms with E-state index >= 15 is 0 Å². The van der Waals surface area contributed by atoms with Gasteiger partial charge in [-0.15, -0.1) is 0 Å². The van der Waals surface area contributed by atoms with Crippen LogP contribution >= 0.6 is 11.6 Å². The molecule has 0 bridgehead atoms. The summed E-state index contributed by atoms with van der Waals surface area (Å²) in [5.74, 6) is -0.505. The van der Waals surface area contributed by atoms with Crippen molar-refractivity contribution in [2.24, 2.45) is 5.92 Å². The summed E-state index contributed by atoms with van der Waals surface area (Å²) >= 11 is 6.20. The smallest absolute Gasteiger partial charge is 0.225 e. The molecule has 0 unspecified atom stereocenters. The van der Waals surface area contributed by atoms with Crippen LogP contribution in [0.4, 0.5) is 0 Å². The monoisotopic (exact) mass is 423 g/mol. The highest BCUT2D eigenvalue weighted by molar-refractivity contribution is 6.31. The Morgan fingerprint density at radius 2 is 2.00 bits per heavy atom. The fourth-order valence-electron chi connectivity index (χ4n) is 3.60. The maximum Gasteiger partial charge on any atom is 0.225 e. The van der Waals surface area contributed by atoms with Gasteiger partial charge < -0.3 is 10.2 Å². The quantitative estimate of drug-likeness (QED) is 0.660. The van der Waals surface area contributed by atoms with E-state index in [1.165, 1.54) is 6.33 Å². The number of rotatable bonds is 6. The number of carbonyl (C=O) groups excluding carboxylic acids is 2. The normalized spacial score (nSPS) is 17.2. The third-order valence-corrected chi connectivity index (χ3v) is 5.71. The number of hydrogen-bond donors (Lipinski definition) is 1. The van der Waals surface area contributed by atoms with E-state index in [1.807, 2.05) is 49.4 Å². The summed E-state index contributed by atoms with van der Waals surface area (Å²) in [6, 6.07) is 15.0. The first kappa shape index (κ1) is 20.1.